The van der Waals surface area contributed by atoms with Crippen LogP contribution in [-0.2, 0) is 4.79 Å². The molecule has 5 nitrogen and oxygen atoms in total. The lowest BCUT2D eigenvalue weighted by Gasteiger charge is -2.26. The van der Waals surface area contributed by atoms with Crippen molar-refractivity contribution in [1.82, 2.24) is 9.80 Å². The molecule has 0 N–H and O–H groups in total. The number of carbonyl (C=O) groups excluding carboxylic acids is 2. The molecule has 2 atom stereocenters. The molecule has 3 amide bonds. The largest absolute Gasteiger partial charge is 0.494 e. The SMILES string of the molecule is COc1cc(C(C)N2C(=O)[C@H]3CCCCN3C2=O)ccc1F. The number of methoxy groups -OCH3 is 1. The normalized spacial score (nSPS) is 22.8. The molecule has 6 heteroatoms. The molecule has 1 aromatic carbocycles. The molecule has 118 valence electrons. The number of fused-ring (bicyclic) bond motifs is 1. The average molecular weight is 306 g/mol. The summed E-state index contributed by atoms with van der Waals surface area (Å²) >= 11 is 0. The number of ether oxygens (including phenoxy) is 1. The van der Waals surface area contributed by atoms with E-state index in [0.717, 1.165) is 19.3 Å². The van der Waals surface area contributed by atoms with Crippen LogP contribution in [0.15, 0.2) is 18.2 Å². The van der Waals surface area contributed by atoms with E-state index in [2.05, 4.69) is 0 Å². The molecule has 2 saturated heterocycles. The molecular weight excluding hydrogens is 287 g/mol. The van der Waals surface area contributed by atoms with Crippen molar-refractivity contribution >= 4 is 11.9 Å². The van der Waals surface area contributed by atoms with E-state index in [0.29, 0.717) is 12.1 Å². The Morgan fingerprint density at radius 3 is 2.77 bits per heavy atom. The number of halogens is 1. The smallest absolute Gasteiger partial charge is 0.328 e. The zero-order chi connectivity index (χ0) is 15.9. The van der Waals surface area contributed by atoms with E-state index in [1.165, 1.54) is 24.1 Å². The highest BCUT2D eigenvalue weighted by Gasteiger charge is 2.47. The highest BCUT2D eigenvalue weighted by molar-refractivity contribution is 6.04. The van der Waals surface area contributed by atoms with Crippen molar-refractivity contribution in [2.45, 2.75) is 38.3 Å². The maximum absolute atomic E-state index is 13.5. The van der Waals surface area contributed by atoms with E-state index >= 15 is 0 Å². The van der Waals surface area contributed by atoms with Crippen LogP contribution in [0.1, 0.15) is 37.8 Å². The molecule has 2 heterocycles. The number of piperidine rings is 1. The standard InChI is InChI=1S/C16H19FN2O3/c1-10(11-6-7-12(17)14(9-11)22-2)19-15(20)13-5-3-4-8-18(13)16(19)21/h6-7,9-10,13H,3-5,8H2,1-2H3/t10?,13-/m1/s1. The molecule has 0 spiro atoms. The predicted octanol–water partition coefficient (Wildman–Crippen LogP) is 2.71. The highest BCUT2D eigenvalue weighted by Crippen LogP contribution is 2.34. The Hall–Kier alpha value is -2.11. The minimum absolute atomic E-state index is 0.112. The Morgan fingerprint density at radius 2 is 2.09 bits per heavy atom. The van der Waals surface area contributed by atoms with Crippen molar-refractivity contribution in [1.29, 1.82) is 0 Å². The van der Waals surface area contributed by atoms with Crippen LogP contribution in [0.5, 0.6) is 5.75 Å². The zero-order valence-corrected chi connectivity index (χ0v) is 12.7. The van der Waals surface area contributed by atoms with Crippen LogP contribution >= 0.6 is 0 Å². The molecule has 22 heavy (non-hydrogen) atoms. The van der Waals surface area contributed by atoms with Gasteiger partial charge >= 0.3 is 6.03 Å². The van der Waals surface area contributed by atoms with Crippen LogP contribution in [-0.4, -0.2) is 41.4 Å². The number of urea groups is 1. The fraction of sp³-hybridized carbons (Fsp3) is 0.500. The van der Waals surface area contributed by atoms with Gasteiger partial charge in [-0.15, -0.1) is 0 Å². The summed E-state index contributed by atoms with van der Waals surface area (Å²) in [7, 11) is 1.39. The van der Waals surface area contributed by atoms with E-state index in [1.807, 2.05) is 0 Å². The number of nitrogens with zero attached hydrogens (tertiary/aromatic N) is 2. The lowest BCUT2D eigenvalue weighted by Crippen LogP contribution is -2.39. The number of benzene rings is 1. The molecular formula is C16H19FN2O3. The van der Waals surface area contributed by atoms with E-state index in [4.69, 9.17) is 4.74 Å². The molecule has 0 bridgehead atoms. The molecule has 0 saturated carbocycles. The minimum atomic E-state index is -0.463. The van der Waals surface area contributed by atoms with Crippen LogP contribution in [0.3, 0.4) is 0 Å². The number of hydrogen-bond donors (Lipinski definition) is 0. The Morgan fingerprint density at radius 1 is 1.32 bits per heavy atom. The van der Waals surface area contributed by atoms with Gasteiger partial charge in [0.15, 0.2) is 11.6 Å². The first kappa shape index (κ1) is 14.8. The van der Waals surface area contributed by atoms with Crippen molar-refractivity contribution in [3.05, 3.63) is 29.6 Å². The third-order valence-electron chi connectivity index (χ3n) is 4.52. The quantitative estimate of drug-likeness (QED) is 0.807. The minimum Gasteiger partial charge on any atom is -0.494 e. The molecule has 0 radical (unpaired) electrons. The maximum atomic E-state index is 13.5. The second-order valence-electron chi connectivity index (χ2n) is 5.77. The monoisotopic (exact) mass is 306 g/mol. The predicted molar refractivity (Wildman–Crippen MR) is 78.0 cm³/mol. The summed E-state index contributed by atoms with van der Waals surface area (Å²) in [5, 5.41) is 0. The Bertz CT molecular complexity index is 595. The highest BCUT2D eigenvalue weighted by atomic mass is 19.1. The van der Waals surface area contributed by atoms with Crippen LogP contribution in [0.4, 0.5) is 9.18 Å². The van der Waals surface area contributed by atoms with Gasteiger partial charge in [0.1, 0.15) is 6.04 Å². The lowest BCUT2D eigenvalue weighted by molar-refractivity contribution is -0.130. The van der Waals surface area contributed by atoms with Crippen molar-refractivity contribution in [2.24, 2.45) is 0 Å². The van der Waals surface area contributed by atoms with Crippen molar-refractivity contribution < 1.29 is 18.7 Å². The van der Waals surface area contributed by atoms with Gasteiger partial charge in [-0.2, -0.15) is 0 Å². The van der Waals surface area contributed by atoms with Gasteiger partial charge < -0.3 is 9.64 Å². The summed E-state index contributed by atoms with van der Waals surface area (Å²) in [4.78, 5) is 28.0. The van der Waals surface area contributed by atoms with Gasteiger partial charge in [0.25, 0.3) is 5.91 Å². The number of imide groups is 1. The first-order valence-corrected chi connectivity index (χ1v) is 7.51. The molecule has 0 aromatic heterocycles. The van der Waals surface area contributed by atoms with Crippen molar-refractivity contribution in [2.75, 3.05) is 13.7 Å². The Kier molecular flexibility index (Phi) is 3.76. The molecule has 2 fully saturated rings. The third-order valence-corrected chi connectivity index (χ3v) is 4.52. The van der Waals surface area contributed by atoms with Gasteiger partial charge in [-0.25, -0.2) is 9.18 Å². The van der Waals surface area contributed by atoms with Gasteiger partial charge in [-0.3, -0.25) is 9.69 Å². The molecule has 1 unspecified atom stereocenters. The number of carbonyl (C=O) groups is 2. The van der Waals surface area contributed by atoms with Gasteiger partial charge in [-0.05, 0) is 43.9 Å². The van der Waals surface area contributed by atoms with Gasteiger partial charge in [-0.1, -0.05) is 6.07 Å². The van der Waals surface area contributed by atoms with Gasteiger partial charge in [0, 0.05) is 6.54 Å². The van der Waals surface area contributed by atoms with Crippen LogP contribution in [0.25, 0.3) is 0 Å². The third kappa shape index (κ3) is 2.23. The van der Waals surface area contributed by atoms with E-state index in [-0.39, 0.29) is 23.7 Å². The molecule has 1 aromatic rings. The summed E-state index contributed by atoms with van der Waals surface area (Å²) in [6.45, 7) is 2.41. The summed E-state index contributed by atoms with van der Waals surface area (Å²) in [6, 6.07) is 3.40. The Balaban J connectivity index is 1.90. The van der Waals surface area contributed by atoms with E-state index in [1.54, 1.807) is 17.9 Å². The van der Waals surface area contributed by atoms with Gasteiger partial charge in [0.2, 0.25) is 0 Å². The lowest BCUT2D eigenvalue weighted by atomic mass is 10.0. The van der Waals surface area contributed by atoms with Crippen LogP contribution in [0, 0.1) is 5.82 Å². The number of amides is 3. The Labute approximate surface area is 128 Å². The maximum Gasteiger partial charge on any atom is 0.328 e. The molecule has 2 aliphatic heterocycles. The number of hydrogen-bond acceptors (Lipinski definition) is 3. The average Bonchev–Trinajstić information content (AvgIpc) is 2.79. The van der Waals surface area contributed by atoms with E-state index < -0.39 is 11.9 Å². The first-order valence-electron chi connectivity index (χ1n) is 7.51. The fourth-order valence-electron chi connectivity index (χ4n) is 3.25. The summed E-state index contributed by atoms with van der Waals surface area (Å²) < 4.78 is 18.5. The van der Waals surface area contributed by atoms with Crippen LogP contribution in [0.2, 0.25) is 0 Å². The summed E-state index contributed by atoms with van der Waals surface area (Å²) in [5.74, 6) is -0.503. The van der Waals surface area contributed by atoms with Gasteiger partial charge in [0.05, 0.1) is 13.2 Å². The topological polar surface area (TPSA) is 49.9 Å². The van der Waals surface area contributed by atoms with Crippen molar-refractivity contribution in [3.8, 4) is 5.75 Å². The molecule has 2 aliphatic rings. The second-order valence-corrected chi connectivity index (χ2v) is 5.77. The summed E-state index contributed by atoms with van der Waals surface area (Å²) in [6.07, 6.45) is 2.62. The first-order chi connectivity index (χ1) is 10.5. The molecule has 3 rings (SSSR count). The van der Waals surface area contributed by atoms with E-state index in [9.17, 15) is 14.0 Å². The van der Waals surface area contributed by atoms with Crippen LogP contribution < -0.4 is 4.74 Å². The van der Waals surface area contributed by atoms with Crippen molar-refractivity contribution in [3.63, 3.8) is 0 Å². The molecule has 0 aliphatic carbocycles. The summed E-state index contributed by atoms with van der Waals surface area (Å²) in [5.41, 5.74) is 0.680. The zero-order valence-electron chi connectivity index (χ0n) is 12.7. The number of rotatable bonds is 3. The fourth-order valence-corrected chi connectivity index (χ4v) is 3.25. The second kappa shape index (κ2) is 5.59.